The molecular weight excluding hydrogens is 394 g/mol. The van der Waals surface area contributed by atoms with Crippen molar-refractivity contribution in [1.82, 2.24) is 5.43 Å². The molecule has 7 heteroatoms. The third-order valence-corrected chi connectivity index (χ3v) is 4.40. The number of benzene rings is 3. The lowest BCUT2D eigenvalue weighted by atomic mass is 10.2. The van der Waals surface area contributed by atoms with Gasteiger partial charge in [-0.05, 0) is 48.9 Å². The molecule has 7 nitrogen and oxygen atoms in total. The molecule has 0 bridgehead atoms. The zero-order valence-corrected chi connectivity index (χ0v) is 17.3. The second-order valence-corrected chi connectivity index (χ2v) is 6.62. The Balaban J connectivity index is 1.59. The van der Waals surface area contributed by atoms with Crippen LogP contribution in [0.15, 0.2) is 77.9 Å². The Hall–Kier alpha value is -4.13. The molecule has 0 aromatic heterocycles. The molecular formula is C24H23N3O4. The molecule has 0 fully saturated rings. The summed E-state index contributed by atoms with van der Waals surface area (Å²) in [6, 6.07) is 21.4. The van der Waals surface area contributed by atoms with Crippen molar-refractivity contribution in [2.24, 2.45) is 5.10 Å². The van der Waals surface area contributed by atoms with Gasteiger partial charge >= 0.3 is 0 Å². The molecule has 3 aromatic rings. The van der Waals surface area contributed by atoms with Gasteiger partial charge in [0.25, 0.3) is 11.8 Å². The predicted molar refractivity (Wildman–Crippen MR) is 120 cm³/mol. The zero-order chi connectivity index (χ0) is 22.1. The summed E-state index contributed by atoms with van der Waals surface area (Å²) >= 11 is 0. The van der Waals surface area contributed by atoms with E-state index in [1.165, 1.54) is 13.3 Å². The van der Waals surface area contributed by atoms with Crippen LogP contribution >= 0.6 is 0 Å². The second kappa shape index (κ2) is 10.6. The van der Waals surface area contributed by atoms with E-state index in [0.717, 1.165) is 11.3 Å². The molecule has 2 amide bonds. The number of aryl methyl sites for hydroxylation is 1. The molecule has 0 spiro atoms. The first kappa shape index (κ1) is 21.6. The van der Waals surface area contributed by atoms with E-state index in [0.29, 0.717) is 22.6 Å². The van der Waals surface area contributed by atoms with Crippen LogP contribution < -0.4 is 20.2 Å². The Morgan fingerprint density at radius 3 is 2.58 bits per heavy atom. The van der Waals surface area contributed by atoms with Crippen LogP contribution in [-0.2, 0) is 4.79 Å². The number of carbonyl (C=O) groups excluding carboxylic acids is 2. The van der Waals surface area contributed by atoms with Crippen molar-refractivity contribution in [3.63, 3.8) is 0 Å². The van der Waals surface area contributed by atoms with E-state index < -0.39 is 0 Å². The first-order valence-electron chi connectivity index (χ1n) is 9.61. The number of para-hydroxylation sites is 2. The molecule has 0 saturated carbocycles. The Labute approximate surface area is 180 Å². The van der Waals surface area contributed by atoms with Crippen molar-refractivity contribution >= 4 is 23.7 Å². The molecule has 0 heterocycles. The molecule has 0 unspecified atom stereocenters. The summed E-state index contributed by atoms with van der Waals surface area (Å²) in [5.41, 5.74) is 5.23. The minimum Gasteiger partial charge on any atom is -0.497 e. The van der Waals surface area contributed by atoms with Gasteiger partial charge in [-0.1, -0.05) is 36.4 Å². The highest BCUT2D eigenvalue weighted by Crippen LogP contribution is 2.17. The summed E-state index contributed by atoms with van der Waals surface area (Å²) < 4.78 is 10.8. The molecule has 0 saturated heterocycles. The Morgan fingerprint density at radius 2 is 1.77 bits per heavy atom. The van der Waals surface area contributed by atoms with Crippen LogP contribution in [0, 0.1) is 6.92 Å². The normalized spacial score (nSPS) is 10.5. The number of amides is 2. The fourth-order valence-electron chi connectivity index (χ4n) is 2.75. The van der Waals surface area contributed by atoms with E-state index in [1.807, 2.05) is 37.3 Å². The van der Waals surface area contributed by atoms with Gasteiger partial charge in [0.2, 0.25) is 0 Å². The fourth-order valence-corrected chi connectivity index (χ4v) is 2.75. The Kier molecular flexibility index (Phi) is 7.37. The summed E-state index contributed by atoms with van der Waals surface area (Å²) in [5, 5.41) is 6.82. The van der Waals surface area contributed by atoms with Gasteiger partial charge in [0, 0.05) is 16.8 Å². The number of methoxy groups -OCH3 is 1. The molecule has 158 valence electrons. The number of nitrogens with one attached hydrogen (secondary N) is 2. The van der Waals surface area contributed by atoms with Crippen LogP contribution in [0.5, 0.6) is 11.5 Å². The highest BCUT2D eigenvalue weighted by molar-refractivity contribution is 5.95. The topological polar surface area (TPSA) is 89.0 Å². The van der Waals surface area contributed by atoms with Crippen LogP contribution in [0.4, 0.5) is 5.69 Å². The second-order valence-electron chi connectivity index (χ2n) is 6.62. The van der Waals surface area contributed by atoms with Crippen LogP contribution in [0.1, 0.15) is 21.5 Å². The van der Waals surface area contributed by atoms with E-state index in [9.17, 15) is 9.59 Å². The van der Waals surface area contributed by atoms with Crippen molar-refractivity contribution in [1.29, 1.82) is 0 Å². The minimum atomic E-state index is -0.369. The first-order chi connectivity index (χ1) is 15.1. The average Bonchev–Trinajstić information content (AvgIpc) is 2.80. The lowest BCUT2D eigenvalue weighted by Gasteiger charge is -2.11. The molecule has 3 aromatic carbocycles. The van der Waals surface area contributed by atoms with Gasteiger partial charge in [0.1, 0.15) is 11.5 Å². The minimum absolute atomic E-state index is 0.157. The molecule has 0 aliphatic carbocycles. The van der Waals surface area contributed by atoms with E-state index in [2.05, 4.69) is 15.8 Å². The van der Waals surface area contributed by atoms with Crippen molar-refractivity contribution in [2.75, 3.05) is 19.0 Å². The number of nitrogens with zero attached hydrogens (tertiary/aromatic N) is 1. The number of ether oxygens (including phenoxy) is 2. The van der Waals surface area contributed by atoms with Crippen molar-refractivity contribution in [2.45, 2.75) is 6.92 Å². The molecule has 3 rings (SSSR count). The molecule has 2 N–H and O–H groups in total. The number of carbonyl (C=O) groups is 2. The average molecular weight is 417 g/mol. The van der Waals surface area contributed by atoms with Crippen LogP contribution in [0.25, 0.3) is 0 Å². The molecule has 0 aliphatic rings. The number of hydrazone groups is 1. The maximum atomic E-state index is 12.2. The van der Waals surface area contributed by atoms with Gasteiger partial charge in [-0.15, -0.1) is 0 Å². The number of rotatable bonds is 8. The van der Waals surface area contributed by atoms with Crippen molar-refractivity contribution in [3.8, 4) is 11.5 Å². The maximum Gasteiger partial charge on any atom is 0.271 e. The van der Waals surface area contributed by atoms with E-state index >= 15 is 0 Å². The monoisotopic (exact) mass is 417 g/mol. The molecule has 0 atom stereocenters. The van der Waals surface area contributed by atoms with Crippen molar-refractivity contribution < 1.29 is 19.1 Å². The summed E-state index contributed by atoms with van der Waals surface area (Å²) in [6.45, 7) is 1.76. The first-order valence-corrected chi connectivity index (χ1v) is 9.61. The number of hydrogen-bond donors (Lipinski definition) is 2. The highest BCUT2D eigenvalue weighted by Gasteiger charge is 2.08. The smallest absolute Gasteiger partial charge is 0.271 e. The Bertz CT molecular complexity index is 1100. The van der Waals surface area contributed by atoms with Crippen LogP contribution in [-0.4, -0.2) is 31.7 Å². The van der Waals surface area contributed by atoms with E-state index in [1.54, 1.807) is 42.5 Å². The van der Waals surface area contributed by atoms with Crippen molar-refractivity contribution in [3.05, 3.63) is 89.5 Å². The molecule has 0 radical (unpaired) electrons. The van der Waals surface area contributed by atoms with Crippen LogP contribution in [0.2, 0.25) is 0 Å². The Morgan fingerprint density at radius 1 is 1.00 bits per heavy atom. The third-order valence-electron chi connectivity index (χ3n) is 4.40. The van der Waals surface area contributed by atoms with E-state index in [-0.39, 0.29) is 18.4 Å². The quantitative estimate of drug-likeness (QED) is 0.431. The summed E-state index contributed by atoms with van der Waals surface area (Å²) in [7, 11) is 1.54. The zero-order valence-electron chi connectivity index (χ0n) is 17.3. The lowest BCUT2D eigenvalue weighted by Crippen LogP contribution is -2.21. The van der Waals surface area contributed by atoms with Gasteiger partial charge < -0.3 is 14.8 Å². The summed E-state index contributed by atoms with van der Waals surface area (Å²) in [5.74, 6) is 0.416. The number of anilines is 1. The van der Waals surface area contributed by atoms with Gasteiger partial charge in [-0.2, -0.15) is 5.10 Å². The fraction of sp³-hybridized carbons (Fsp3) is 0.125. The van der Waals surface area contributed by atoms with Crippen LogP contribution in [0.3, 0.4) is 0 Å². The summed E-state index contributed by atoms with van der Waals surface area (Å²) in [4.78, 5) is 24.5. The van der Waals surface area contributed by atoms with Gasteiger partial charge in [0.15, 0.2) is 6.61 Å². The maximum absolute atomic E-state index is 12.2. The van der Waals surface area contributed by atoms with Gasteiger partial charge in [0.05, 0.1) is 13.3 Å². The molecule has 31 heavy (non-hydrogen) atoms. The van der Waals surface area contributed by atoms with E-state index in [4.69, 9.17) is 9.47 Å². The largest absolute Gasteiger partial charge is 0.497 e. The lowest BCUT2D eigenvalue weighted by molar-refractivity contribution is -0.118. The highest BCUT2D eigenvalue weighted by atomic mass is 16.5. The van der Waals surface area contributed by atoms with Gasteiger partial charge in [-0.25, -0.2) is 5.43 Å². The number of hydrogen-bond acceptors (Lipinski definition) is 5. The summed E-state index contributed by atoms with van der Waals surface area (Å²) in [6.07, 6.45) is 1.46. The molecule has 0 aliphatic heterocycles. The predicted octanol–water partition coefficient (Wildman–Crippen LogP) is 3.79. The van der Waals surface area contributed by atoms with Gasteiger partial charge in [-0.3, -0.25) is 9.59 Å². The third kappa shape index (κ3) is 6.17. The SMILES string of the molecule is COc1cccc(C(=O)N/N=C/c2ccccc2OCC(=O)Nc2ccccc2C)c1. The standard InChI is InChI=1S/C24H23N3O4/c1-17-8-3-5-12-21(17)26-23(28)16-31-22-13-6-4-9-19(22)15-25-27-24(29)18-10-7-11-20(14-18)30-2/h3-15H,16H2,1-2H3,(H,26,28)(H,27,29)/b25-15+.